The zero-order valence-corrected chi connectivity index (χ0v) is 18.3. The lowest BCUT2D eigenvalue weighted by Gasteiger charge is -2.24. The number of hydrogen-bond acceptors (Lipinski definition) is 5. The highest BCUT2D eigenvalue weighted by Crippen LogP contribution is 2.27. The van der Waals surface area contributed by atoms with E-state index in [4.69, 9.17) is 9.47 Å². The van der Waals surface area contributed by atoms with Crippen LogP contribution in [0.15, 0.2) is 23.2 Å². The molecular weight excluding hydrogens is 370 g/mol. The van der Waals surface area contributed by atoms with Crippen molar-refractivity contribution in [2.45, 2.75) is 32.4 Å². The molecule has 1 aromatic rings. The van der Waals surface area contributed by atoms with Crippen LogP contribution in [0.4, 0.5) is 0 Å². The Morgan fingerprint density at radius 3 is 2.66 bits per heavy atom. The molecule has 29 heavy (non-hydrogen) atoms. The Bertz CT molecular complexity index is 693. The summed E-state index contributed by atoms with van der Waals surface area (Å²) < 4.78 is 10.7. The van der Waals surface area contributed by atoms with Crippen molar-refractivity contribution in [3.05, 3.63) is 23.8 Å². The van der Waals surface area contributed by atoms with Gasteiger partial charge in [0.05, 0.1) is 27.3 Å². The zero-order valence-electron chi connectivity index (χ0n) is 18.3. The minimum atomic E-state index is 0.00154. The van der Waals surface area contributed by atoms with Gasteiger partial charge in [0.1, 0.15) is 0 Å². The summed E-state index contributed by atoms with van der Waals surface area (Å²) in [6.07, 6.45) is 2.41. The van der Waals surface area contributed by atoms with Crippen LogP contribution in [-0.2, 0) is 11.3 Å². The van der Waals surface area contributed by atoms with Crippen molar-refractivity contribution >= 4 is 11.9 Å². The quantitative estimate of drug-likeness (QED) is 0.477. The highest BCUT2D eigenvalue weighted by atomic mass is 16.5. The Labute approximate surface area is 174 Å². The average Bonchev–Trinajstić information content (AvgIpc) is 3.20. The number of aliphatic imine (C=N–C) groups is 1. The summed E-state index contributed by atoms with van der Waals surface area (Å²) in [5.74, 6) is 2.00. The van der Waals surface area contributed by atoms with Crippen LogP contribution < -0.4 is 20.1 Å². The van der Waals surface area contributed by atoms with Crippen molar-refractivity contribution < 1.29 is 14.3 Å². The molecule has 1 atom stereocenters. The summed E-state index contributed by atoms with van der Waals surface area (Å²) in [5, 5.41) is 6.56. The van der Waals surface area contributed by atoms with Gasteiger partial charge >= 0.3 is 0 Å². The molecule has 1 aliphatic rings. The van der Waals surface area contributed by atoms with Gasteiger partial charge in [0, 0.05) is 26.7 Å². The predicted molar refractivity (Wildman–Crippen MR) is 116 cm³/mol. The smallest absolute Gasteiger partial charge is 0.241 e. The van der Waals surface area contributed by atoms with E-state index in [-0.39, 0.29) is 12.5 Å². The van der Waals surface area contributed by atoms with E-state index in [9.17, 15) is 4.79 Å². The number of ether oxygens (including phenoxy) is 2. The first kappa shape index (κ1) is 22.8. The Hall–Kier alpha value is -2.48. The molecule has 0 saturated carbocycles. The fourth-order valence-electron chi connectivity index (χ4n) is 3.40. The standard InChI is InChI=1S/C21H35N5O3/c1-6-26-11-7-8-17(26)14-23-21(24-15-20(27)25(2)3)22-13-16-9-10-18(28-4)19(12-16)29-5/h9-10,12,17H,6-8,11,13-15H2,1-5H3,(H2,22,23,24). The SMILES string of the molecule is CCN1CCCC1CNC(=NCc1ccc(OC)c(OC)c1)NCC(=O)N(C)C. The largest absolute Gasteiger partial charge is 0.493 e. The third kappa shape index (κ3) is 6.81. The summed E-state index contributed by atoms with van der Waals surface area (Å²) in [6, 6.07) is 6.25. The molecule has 1 aromatic carbocycles. The van der Waals surface area contributed by atoms with Gasteiger partial charge in [0.25, 0.3) is 0 Å². The Morgan fingerprint density at radius 2 is 2.00 bits per heavy atom. The molecule has 2 rings (SSSR count). The first-order valence-electron chi connectivity index (χ1n) is 10.2. The minimum Gasteiger partial charge on any atom is -0.493 e. The number of rotatable bonds is 9. The second kappa shape index (κ2) is 11.5. The van der Waals surface area contributed by atoms with E-state index in [0.29, 0.717) is 30.0 Å². The van der Waals surface area contributed by atoms with Gasteiger partial charge in [0.15, 0.2) is 17.5 Å². The molecule has 2 N–H and O–H groups in total. The summed E-state index contributed by atoms with van der Waals surface area (Å²) in [7, 11) is 6.73. The number of likely N-dealkylation sites (tertiary alicyclic amines) is 1. The molecule has 0 radical (unpaired) electrons. The predicted octanol–water partition coefficient (Wildman–Crippen LogP) is 1.31. The van der Waals surface area contributed by atoms with Gasteiger partial charge in [0.2, 0.25) is 5.91 Å². The molecule has 1 aliphatic heterocycles. The normalized spacial score (nSPS) is 17.1. The van der Waals surface area contributed by atoms with E-state index in [2.05, 4.69) is 27.4 Å². The van der Waals surface area contributed by atoms with Crippen molar-refractivity contribution in [3.8, 4) is 11.5 Å². The Balaban J connectivity index is 2.05. The van der Waals surface area contributed by atoms with E-state index in [1.807, 2.05) is 18.2 Å². The van der Waals surface area contributed by atoms with Crippen LogP contribution in [0.25, 0.3) is 0 Å². The van der Waals surface area contributed by atoms with Crippen molar-refractivity contribution in [1.82, 2.24) is 20.4 Å². The number of carbonyl (C=O) groups excluding carboxylic acids is 1. The first-order chi connectivity index (χ1) is 14.0. The number of amides is 1. The number of nitrogens with zero attached hydrogens (tertiary/aromatic N) is 3. The number of hydrogen-bond donors (Lipinski definition) is 2. The van der Waals surface area contributed by atoms with Crippen LogP contribution in [0.3, 0.4) is 0 Å². The number of guanidine groups is 1. The molecule has 1 amide bonds. The number of methoxy groups -OCH3 is 2. The molecule has 0 aliphatic carbocycles. The molecule has 8 heteroatoms. The molecule has 0 aromatic heterocycles. The number of likely N-dealkylation sites (N-methyl/N-ethyl adjacent to an activating group) is 2. The maximum atomic E-state index is 12.0. The topological polar surface area (TPSA) is 78.4 Å². The Kier molecular flexibility index (Phi) is 9.05. The van der Waals surface area contributed by atoms with Crippen molar-refractivity contribution in [2.75, 3.05) is 54.5 Å². The molecule has 1 heterocycles. The van der Waals surface area contributed by atoms with Gasteiger partial charge in [-0.15, -0.1) is 0 Å². The summed E-state index contributed by atoms with van der Waals surface area (Å²) in [4.78, 5) is 20.7. The number of nitrogens with one attached hydrogen (secondary N) is 2. The zero-order chi connectivity index (χ0) is 21.2. The van der Waals surface area contributed by atoms with Crippen molar-refractivity contribution in [2.24, 2.45) is 4.99 Å². The maximum absolute atomic E-state index is 12.0. The number of benzene rings is 1. The molecule has 162 valence electrons. The molecule has 1 fully saturated rings. The van der Waals surface area contributed by atoms with Gasteiger partial charge in [-0.3, -0.25) is 9.69 Å². The maximum Gasteiger partial charge on any atom is 0.241 e. The lowest BCUT2D eigenvalue weighted by Crippen LogP contribution is -2.47. The van der Waals surface area contributed by atoms with Crippen LogP contribution in [0.5, 0.6) is 11.5 Å². The summed E-state index contributed by atoms with van der Waals surface area (Å²) >= 11 is 0. The van der Waals surface area contributed by atoms with Gasteiger partial charge in [-0.05, 0) is 43.6 Å². The van der Waals surface area contributed by atoms with Gasteiger partial charge in [-0.1, -0.05) is 13.0 Å². The minimum absolute atomic E-state index is 0.00154. The van der Waals surface area contributed by atoms with Crippen molar-refractivity contribution in [3.63, 3.8) is 0 Å². The van der Waals surface area contributed by atoms with Gasteiger partial charge < -0.3 is 25.0 Å². The second-order valence-electron chi connectivity index (χ2n) is 7.30. The van der Waals surface area contributed by atoms with E-state index < -0.39 is 0 Å². The van der Waals surface area contributed by atoms with E-state index in [1.165, 1.54) is 12.8 Å². The molecular formula is C21H35N5O3. The van der Waals surface area contributed by atoms with Crippen molar-refractivity contribution in [1.29, 1.82) is 0 Å². The summed E-state index contributed by atoms with van der Waals surface area (Å²) in [6.45, 7) is 5.87. The molecule has 1 saturated heterocycles. The van der Waals surface area contributed by atoms with Crippen LogP contribution in [0.2, 0.25) is 0 Å². The Morgan fingerprint density at radius 1 is 1.24 bits per heavy atom. The molecule has 8 nitrogen and oxygen atoms in total. The molecule has 0 spiro atoms. The highest BCUT2D eigenvalue weighted by Gasteiger charge is 2.22. The first-order valence-corrected chi connectivity index (χ1v) is 10.2. The summed E-state index contributed by atoms with van der Waals surface area (Å²) in [5.41, 5.74) is 0.999. The monoisotopic (exact) mass is 405 g/mol. The van der Waals surface area contributed by atoms with E-state index in [1.54, 1.807) is 33.2 Å². The van der Waals surface area contributed by atoms with Crippen LogP contribution >= 0.6 is 0 Å². The lowest BCUT2D eigenvalue weighted by atomic mass is 10.2. The lowest BCUT2D eigenvalue weighted by molar-refractivity contribution is -0.127. The average molecular weight is 406 g/mol. The van der Waals surface area contributed by atoms with Crippen LogP contribution in [0.1, 0.15) is 25.3 Å². The third-order valence-electron chi connectivity index (χ3n) is 5.18. The molecule has 0 bridgehead atoms. The fourth-order valence-corrected chi connectivity index (χ4v) is 3.40. The van der Waals surface area contributed by atoms with Gasteiger partial charge in [-0.2, -0.15) is 0 Å². The van der Waals surface area contributed by atoms with Crippen LogP contribution in [-0.4, -0.2) is 82.2 Å². The highest BCUT2D eigenvalue weighted by molar-refractivity contribution is 5.86. The number of carbonyl (C=O) groups is 1. The third-order valence-corrected chi connectivity index (χ3v) is 5.18. The van der Waals surface area contributed by atoms with Gasteiger partial charge in [-0.25, -0.2) is 4.99 Å². The second-order valence-corrected chi connectivity index (χ2v) is 7.30. The molecule has 1 unspecified atom stereocenters. The van der Waals surface area contributed by atoms with Crippen LogP contribution in [0, 0.1) is 0 Å². The van der Waals surface area contributed by atoms with E-state index >= 15 is 0 Å². The van der Waals surface area contributed by atoms with E-state index in [0.717, 1.165) is 25.2 Å². The fraction of sp³-hybridized carbons (Fsp3) is 0.619.